The van der Waals surface area contributed by atoms with Gasteiger partial charge in [-0.15, -0.1) is 5.06 Å². The first-order valence-corrected chi connectivity index (χ1v) is 10.8. The fraction of sp³-hybridized carbons (Fsp3) is 0.348. The molecule has 2 aliphatic heterocycles. The average molecular weight is 419 g/mol. The van der Waals surface area contributed by atoms with Crippen molar-refractivity contribution in [2.45, 2.75) is 0 Å². The van der Waals surface area contributed by atoms with Crippen molar-refractivity contribution in [1.82, 2.24) is 25.7 Å². The summed E-state index contributed by atoms with van der Waals surface area (Å²) in [6.45, 7) is 6.35. The second kappa shape index (κ2) is 8.97. The van der Waals surface area contributed by atoms with Gasteiger partial charge in [-0.3, -0.25) is 0 Å². The van der Waals surface area contributed by atoms with Gasteiger partial charge in [-0.2, -0.15) is 0 Å². The number of piperazine rings is 2. The molecule has 31 heavy (non-hydrogen) atoms. The van der Waals surface area contributed by atoms with E-state index in [1.54, 1.807) is 11.3 Å². The van der Waals surface area contributed by atoms with E-state index in [1.165, 1.54) is 0 Å². The Morgan fingerprint density at radius 3 is 2.42 bits per heavy atom. The molecule has 3 heterocycles. The molecule has 2 aromatic carbocycles. The molecule has 5 rings (SSSR count). The minimum Gasteiger partial charge on any atom is -0.364 e. The van der Waals surface area contributed by atoms with Crippen LogP contribution in [0, 0.1) is 0 Å². The van der Waals surface area contributed by atoms with Crippen LogP contribution in [0.4, 0.5) is 5.95 Å². The number of benzene rings is 2. The number of carbonyl (C=O) groups excluding carboxylic acids is 1. The largest absolute Gasteiger partial charge is 0.364 e. The Labute approximate surface area is 181 Å². The van der Waals surface area contributed by atoms with Crippen molar-refractivity contribution in [1.29, 1.82) is 0 Å². The third-order valence-electron chi connectivity index (χ3n) is 5.73. The standard InChI is InChI=1S/C23H26N6O2/c30-22(31-29-14-10-25-11-15-29)20-16-26-23(28-12-8-24-9-13-28)27-21(20)19-7-3-5-17-4-1-2-6-18(17)19/h1-7,16,24-25H,8-15H2. The summed E-state index contributed by atoms with van der Waals surface area (Å²) < 4.78 is 0. The van der Waals surface area contributed by atoms with Gasteiger partial charge in [-0.05, 0) is 10.8 Å². The van der Waals surface area contributed by atoms with Crippen LogP contribution < -0.4 is 15.5 Å². The number of hydrogen-bond acceptors (Lipinski definition) is 8. The maximum atomic E-state index is 13.1. The third-order valence-corrected chi connectivity index (χ3v) is 5.73. The highest BCUT2D eigenvalue weighted by atomic mass is 16.7. The Kier molecular flexibility index (Phi) is 5.75. The smallest absolute Gasteiger partial charge is 0.360 e. The fourth-order valence-electron chi connectivity index (χ4n) is 4.08. The molecule has 8 heteroatoms. The van der Waals surface area contributed by atoms with E-state index in [0.29, 0.717) is 30.3 Å². The molecule has 0 bridgehead atoms. The summed E-state index contributed by atoms with van der Waals surface area (Å²) in [5, 5.41) is 10.5. The Morgan fingerprint density at radius 2 is 1.61 bits per heavy atom. The van der Waals surface area contributed by atoms with Gasteiger partial charge in [0.25, 0.3) is 0 Å². The van der Waals surface area contributed by atoms with Crippen molar-refractivity contribution in [2.75, 3.05) is 57.3 Å². The zero-order chi connectivity index (χ0) is 21.0. The van der Waals surface area contributed by atoms with Crippen molar-refractivity contribution in [3.63, 3.8) is 0 Å². The van der Waals surface area contributed by atoms with Gasteiger partial charge < -0.3 is 20.4 Å². The first kappa shape index (κ1) is 19.9. The van der Waals surface area contributed by atoms with Crippen molar-refractivity contribution in [3.8, 4) is 11.3 Å². The number of hydroxylamine groups is 2. The summed E-state index contributed by atoms with van der Waals surface area (Å²) in [5.41, 5.74) is 1.90. The van der Waals surface area contributed by atoms with Gasteiger partial charge in [0.2, 0.25) is 5.95 Å². The number of nitrogens with one attached hydrogen (secondary N) is 2. The van der Waals surface area contributed by atoms with E-state index >= 15 is 0 Å². The normalized spacial score (nSPS) is 17.6. The molecule has 2 N–H and O–H groups in total. The van der Waals surface area contributed by atoms with Crippen molar-refractivity contribution in [3.05, 3.63) is 54.2 Å². The summed E-state index contributed by atoms with van der Waals surface area (Å²) in [6, 6.07) is 14.2. The molecule has 8 nitrogen and oxygen atoms in total. The summed E-state index contributed by atoms with van der Waals surface area (Å²) in [6.07, 6.45) is 1.62. The van der Waals surface area contributed by atoms with E-state index in [2.05, 4.69) is 38.7 Å². The molecule has 2 saturated heterocycles. The summed E-state index contributed by atoms with van der Waals surface area (Å²) in [7, 11) is 0. The number of hydrogen-bond donors (Lipinski definition) is 2. The molecule has 0 unspecified atom stereocenters. The lowest BCUT2D eigenvalue weighted by Crippen LogP contribution is -2.44. The lowest BCUT2D eigenvalue weighted by molar-refractivity contribution is -0.115. The second-order valence-electron chi connectivity index (χ2n) is 7.75. The van der Waals surface area contributed by atoms with Crippen molar-refractivity contribution >= 4 is 22.7 Å². The highest BCUT2D eigenvalue weighted by Crippen LogP contribution is 2.31. The van der Waals surface area contributed by atoms with Crippen molar-refractivity contribution in [2.24, 2.45) is 0 Å². The fourth-order valence-corrected chi connectivity index (χ4v) is 4.08. The molecule has 0 atom stereocenters. The Balaban J connectivity index is 1.57. The third kappa shape index (κ3) is 4.23. The molecule has 2 aliphatic rings. The van der Waals surface area contributed by atoms with Gasteiger partial charge in [0, 0.05) is 64.1 Å². The molecule has 1 aromatic heterocycles. The molecule has 0 saturated carbocycles. The van der Waals surface area contributed by atoms with E-state index < -0.39 is 5.97 Å². The van der Waals surface area contributed by atoms with E-state index in [0.717, 1.165) is 55.6 Å². The number of aromatic nitrogens is 2. The summed E-state index contributed by atoms with van der Waals surface area (Å²) in [5.74, 6) is 0.222. The molecule has 0 spiro atoms. The van der Waals surface area contributed by atoms with Crippen LogP contribution in [-0.2, 0) is 4.84 Å². The molecule has 0 amide bonds. The molecule has 2 fully saturated rings. The maximum absolute atomic E-state index is 13.1. The van der Waals surface area contributed by atoms with Crippen LogP contribution in [-0.4, -0.2) is 73.4 Å². The van der Waals surface area contributed by atoms with Crippen LogP contribution in [0.2, 0.25) is 0 Å². The molecule has 160 valence electrons. The quantitative estimate of drug-likeness (QED) is 0.662. The summed E-state index contributed by atoms with van der Waals surface area (Å²) >= 11 is 0. The lowest BCUT2D eigenvalue weighted by atomic mass is 9.99. The maximum Gasteiger partial charge on any atom is 0.360 e. The topological polar surface area (TPSA) is 82.6 Å². The Hall–Kier alpha value is -3.07. The van der Waals surface area contributed by atoms with E-state index in [9.17, 15) is 4.79 Å². The highest BCUT2D eigenvalue weighted by Gasteiger charge is 2.24. The number of anilines is 1. The van der Waals surface area contributed by atoms with Gasteiger partial charge in [0.05, 0.1) is 5.69 Å². The predicted molar refractivity (Wildman–Crippen MR) is 120 cm³/mol. The van der Waals surface area contributed by atoms with E-state index in [-0.39, 0.29) is 0 Å². The van der Waals surface area contributed by atoms with Crippen LogP contribution in [0.5, 0.6) is 0 Å². The minimum atomic E-state index is -0.420. The van der Waals surface area contributed by atoms with Crippen LogP contribution >= 0.6 is 0 Å². The van der Waals surface area contributed by atoms with Crippen molar-refractivity contribution < 1.29 is 9.63 Å². The average Bonchev–Trinajstić information content (AvgIpc) is 2.84. The van der Waals surface area contributed by atoms with Gasteiger partial charge in [0.15, 0.2) is 0 Å². The molecular formula is C23H26N6O2. The van der Waals surface area contributed by atoms with Crippen LogP contribution in [0.1, 0.15) is 10.4 Å². The predicted octanol–water partition coefficient (Wildman–Crippen LogP) is 1.68. The van der Waals surface area contributed by atoms with Crippen LogP contribution in [0.15, 0.2) is 48.7 Å². The lowest BCUT2D eigenvalue weighted by Gasteiger charge is -2.28. The minimum absolute atomic E-state index is 0.383. The zero-order valence-corrected chi connectivity index (χ0v) is 17.4. The Bertz CT molecular complexity index is 1070. The van der Waals surface area contributed by atoms with Gasteiger partial charge in [0.1, 0.15) is 5.56 Å². The van der Waals surface area contributed by atoms with E-state index in [1.807, 2.05) is 24.3 Å². The number of nitrogens with zero attached hydrogens (tertiary/aromatic N) is 4. The first-order chi connectivity index (χ1) is 15.3. The van der Waals surface area contributed by atoms with Gasteiger partial charge in [-0.25, -0.2) is 14.8 Å². The first-order valence-electron chi connectivity index (χ1n) is 10.8. The molecule has 0 radical (unpaired) electrons. The van der Waals surface area contributed by atoms with E-state index in [4.69, 9.17) is 9.82 Å². The highest BCUT2D eigenvalue weighted by molar-refractivity contribution is 6.02. The zero-order valence-electron chi connectivity index (χ0n) is 17.4. The number of carbonyl (C=O) groups is 1. The summed E-state index contributed by atoms with van der Waals surface area (Å²) in [4.78, 5) is 30.4. The Morgan fingerprint density at radius 1 is 0.903 bits per heavy atom. The SMILES string of the molecule is O=C(ON1CCNCC1)c1cnc(N2CCNCC2)nc1-c1cccc2ccccc12. The van der Waals surface area contributed by atoms with Crippen LogP contribution in [0.3, 0.4) is 0 Å². The van der Waals surface area contributed by atoms with Gasteiger partial charge in [-0.1, -0.05) is 42.5 Å². The number of fused-ring (bicyclic) bond motifs is 1. The molecular weight excluding hydrogens is 392 g/mol. The second-order valence-corrected chi connectivity index (χ2v) is 7.75. The number of rotatable bonds is 4. The molecule has 0 aliphatic carbocycles. The van der Waals surface area contributed by atoms with Gasteiger partial charge >= 0.3 is 5.97 Å². The monoisotopic (exact) mass is 418 g/mol. The van der Waals surface area contributed by atoms with Crippen LogP contribution in [0.25, 0.3) is 22.0 Å². The molecule has 3 aromatic rings.